The Balaban J connectivity index is 1.46. The number of ether oxygens (including phenoxy) is 2. The summed E-state index contributed by atoms with van der Waals surface area (Å²) in [7, 11) is 0. The Kier molecular flexibility index (Phi) is 5.38. The molecule has 0 aliphatic carbocycles. The Morgan fingerprint density at radius 2 is 1.90 bits per heavy atom. The predicted octanol–water partition coefficient (Wildman–Crippen LogP) is 2.77. The zero-order valence-corrected chi connectivity index (χ0v) is 16.7. The number of aryl methyl sites for hydroxylation is 1. The van der Waals surface area contributed by atoms with Crippen LogP contribution >= 0.6 is 0 Å². The van der Waals surface area contributed by atoms with Crippen LogP contribution in [0.15, 0.2) is 30.3 Å². The van der Waals surface area contributed by atoms with Gasteiger partial charge in [-0.05, 0) is 49.6 Å². The van der Waals surface area contributed by atoms with E-state index in [4.69, 9.17) is 9.47 Å². The molecule has 3 heterocycles. The first-order valence-corrected chi connectivity index (χ1v) is 9.91. The molecule has 4 rings (SSSR count). The second kappa shape index (κ2) is 8.11. The Bertz CT molecular complexity index is 936. The van der Waals surface area contributed by atoms with E-state index in [1.54, 1.807) is 6.92 Å². The van der Waals surface area contributed by atoms with Crippen LogP contribution in [0.1, 0.15) is 53.0 Å². The summed E-state index contributed by atoms with van der Waals surface area (Å²) >= 11 is 0. The van der Waals surface area contributed by atoms with E-state index in [0.29, 0.717) is 30.9 Å². The van der Waals surface area contributed by atoms with Gasteiger partial charge < -0.3 is 19.7 Å². The monoisotopic (exact) mass is 395 g/mol. The second-order valence-electron chi connectivity index (χ2n) is 7.54. The molecule has 0 atom stereocenters. The van der Waals surface area contributed by atoms with Gasteiger partial charge in [0.1, 0.15) is 0 Å². The highest BCUT2D eigenvalue weighted by molar-refractivity contribution is 5.95. The zero-order chi connectivity index (χ0) is 20.4. The van der Waals surface area contributed by atoms with Crippen LogP contribution in [0.2, 0.25) is 0 Å². The fourth-order valence-electron chi connectivity index (χ4n) is 3.88. The van der Waals surface area contributed by atoms with Gasteiger partial charge in [-0.2, -0.15) is 0 Å². The number of nitrogens with zero attached hydrogens (tertiary/aromatic N) is 2. The summed E-state index contributed by atoms with van der Waals surface area (Å²) < 4.78 is 10.7. The predicted molar refractivity (Wildman–Crippen MR) is 107 cm³/mol. The average Bonchev–Trinajstić information content (AvgIpc) is 3.20. The van der Waals surface area contributed by atoms with Gasteiger partial charge in [-0.25, -0.2) is 0 Å². The van der Waals surface area contributed by atoms with Crippen molar-refractivity contribution in [3.05, 3.63) is 52.8 Å². The van der Waals surface area contributed by atoms with Crippen molar-refractivity contribution in [2.24, 2.45) is 0 Å². The molecule has 152 valence electrons. The molecule has 1 aromatic carbocycles. The Morgan fingerprint density at radius 1 is 1.14 bits per heavy atom. The molecule has 2 aromatic rings. The Hall–Kier alpha value is -3.09. The van der Waals surface area contributed by atoms with Crippen molar-refractivity contribution in [3.8, 4) is 11.5 Å². The summed E-state index contributed by atoms with van der Waals surface area (Å²) in [6, 6.07) is 9.37. The van der Waals surface area contributed by atoms with Crippen molar-refractivity contribution in [1.82, 2.24) is 15.2 Å². The minimum absolute atomic E-state index is 0.0994. The van der Waals surface area contributed by atoms with Gasteiger partial charge in [-0.15, -0.1) is 0 Å². The van der Waals surface area contributed by atoms with Crippen molar-refractivity contribution in [1.29, 1.82) is 0 Å². The van der Waals surface area contributed by atoms with Crippen LogP contribution in [0.3, 0.4) is 0 Å². The van der Waals surface area contributed by atoms with E-state index in [1.807, 2.05) is 42.2 Å². The highest BCUT2D eigenvalue weighted by Gasteiger charge is 2.27. The number of likely N-dealkylation sites (tertiary alicyclic amines) is 1. The Labute approximate surface area is 170 Å². The van der Waals surface area contributed by atoms with Crippen LogP contribution < -0.4 is 14.8 Å². The smallest absolute Gasteiger partial charge is 0.253 e. The van der Waals surface area contributed by atoms with E-state index in [-0.39, 0.29) is 24.5 Å². The standard InChI is InChI=1S/C22H25N3O4/c1-14-3-5-18(21(24-14)17-7-9-25(10-8-17)15(2)26)22(27)23-12-16-4-6-19-20(11-16)29-13-28-19/h3-6,11,17H,7-10,12-13H2,1-2H3,(H,23,27). The highest BCUT2D eigenvalue weighted by atomic mass is 16.7. The first-order valence-electron chi connectivity index (χ1n) is 9.91. The number of rotatable bonds is 4. The third kappa shape index (κ3) is 4.18. The molecular weight excluding hydrogens is 370 g/mol. The van der Waals surface area contributed by atoms with Crippen molar-refractivity contribution >= 4 is 11.8 Å². The molecule has 29 heavy (non-hydrogen) atoms. The maximum absolute atomic E-state index is 12.9. The molecule has 0 radical (unpaired) electrons. The number of pyridine rings is 1. The van der Waals surface area contributed by atoms with E-state index in [1.165, 1.54) is 0 Å². The van der Waals surface area contributed by atoms with Gasteiger partial charge in [-0.3, -0.25) is 14.6 Å². The Morgan fingerprint density at radius 3 is 2.66 bits per heavy atom. The molecule has 0 spiro atoms. The molecule has 2 aliphatic rings. The van der Waals surface area contributed by atoms with E-state index in [9.17, 15) is 9.59 Å². The SMILES string of the molecule is CC(=O)N1CCC(c2nc(C)ccc2C(=O)NCc2ccc3c(c2)OCO3)CC1. The third-order valence-corrected chi connectivity index (χ3v) is 5.53. The molecular formula is C22H25N3O4. The number of benzene rings is 1. The lowest BCUT2D eigenvalue weighted by molar-refractivity contribution is -0.129. The molecule has 1 N–H and O–H groups in total. The number of carbonyl (C=O) groups excluding carboxylic acids is 2. The van der Waals surface area contributed by atoms with Gasteiger partial charge in [0.05, 0.1) is 11.3 Å². The maximum Gasteiger partial charge on any atom is 0.253 e. The number of carbonyl (C=O) groups is 2. The van der Waals surface area contributed by atoms with Gasteiger partial charge in [-0.1, -0.05) is 6.07 Å². The lowest BCUT2D eigenvalue weighted by Gasteiger charge is -2.31. The van der Waals surface area contributed by atoms with Crippen molar-refractivity contribution < 1.29 is 19.1 Å². The minimum atomic E-state index is -0.140. The van der Waals surface area contributed by atoms with Gasteiger partial charge in [0.15, 0.2) is 11.5 Å². The maximum atomic E-state index is 12.9. The van der Waals surface area contributed by atoms with Crippen molar-refractivity contribution in [2.45, 2.75) is 39.2 Å². The number of hydrogen-bond acceptors (Lipinski definition) is 5. The molecule has 2 amide bonds. The van der Waals surface area contributed by atoms with Gasteiger partial charge in [0.25, 0.3) is 5.91 Å². The van der Waals surface area contributed by atoms with E-state index in [2.05, 4.69) is 10.3 Å². The second-order valence-corrected chi connectivity index (χ2v) is 7.54. The van der Waals surface area contributed by atoms with Crippen LogP contribution in [-0.4, -0.2) is 41.6 Å². The normalized spacial score (nSPS) is 16.0. The molecule has 1 fully saturated rings. The summed E-state index contributed by atoms with van der Waals surface area (Å²) in [5, 5.41) is 2.99. The summed E-state index contributed by atoms with van der Waals surface area (Å²) in [5.74, 6) is 1.56. The van der Waals surface area contributed by atoms with E-state index >= 15 is 0 Å². The van der Waals surface area contributed by atoms with Crippen LogP contribution in [0.25, 0.3) is 0 Å². The molecule has 7 heteroatoms. The first kappa shape index (κ1) is 19.2. The average molecular weight is 395 g/mol. The zero-order valence-electron chi connectivity index (χ0n) is 16.7. The third-order valence-electron chi connectivity index (χ3n) is 5.53. The lowest BCUT2D eigenvalue weighted by Crippen LogP contribution is -2.37. The fraction of sp³-hybridized carbons (Fsp3) is 0.409. The first-order chi connectivity index (χ1) is 14.0. The van der Waals surface area contributed by atoms with Crippen LogP contribution in [0.4, 0.5) is 0 Å². The molecule has 2 aliphatic heterocycles. The topological polar surface area (TPSA) is 80.8 Å². The summed E-state index contributed by atoms with van der Waals surface area (Å²) in [4.78, 5) is 31.1. The van der Waals surface area contributed by atoms with Gasteiger partial charge in [0.2, 0.25) is 12.7 Å². The number of aromatic nitrogens is 1. The van der Waals surface area contributed by atoms with Crippen molar-refractivity contribution in [2.75, 3.05) is 19.9 Å². The van der Waals surface area contributed by atoms with Crippen LogP contribution in [-0.2, 0) is 11.3 Å². The molecule has 7 nitrogen and oxygen atoms in total. The number of nitrogens with one attached hydrogen (secondary N) is 1. The van der Waals surface area contributed by atoms with Crippen LogP contribution in [0.5, 0.6) is 11.5 Å². The fourth-order valence-corrected chi connectivity index (χ4v) is 3.88. The van der Waals surface area contributed by atoms with Crippen LogP contribution in [0, 0.1) is 6.92 Å². The molecule has 1 aromatic heterocycles. The van der Waals surface area contributed by atoms with Gasteiger partial charge in [0, 0.05) is 38.2 Å². The minimum Gasteiger partial charge on any atom is -0.454 e. The van der Waals surface area contributed by atoms with Gasteiger partial charge >= 0.3 is 0 Å². The lowest BCUT2D eigenvalue weighted by atomic mass is 9.90. The molecule has 0 saturated carbocycles. The largest absolute Gasteiger partial charge is 0.454 e. The highest BCUT2D eigenvalue weighted by Crippen LogP contribution is 2.33. The number of fused-ring (bicyclic) bond motifs is 1. The molecule has 0 unspecified atom stereocenters. The van der Waals surface area contributed by atoms with E-state index < -0.39 is 0 Å². The molecule has 0 bridgehead atoms. The number of piperidine rings is 1. The summed E-state index contributed by atoms with van der Waals surface area (Å²) in [5.41, 5.74) is 3.27. The molecule has 1 saturated heterocycles. The summed E-state index contributed by atoms with van der Waals surface area (Å²) in [6.07, 6.45) is 1.64. The summed E-state index contributed by atoms with van der Waals surface area (Å²) in [6.45, 7) is 5.56. The van der Waals surface area contributed by atoms with E-state index in [0.717, 1.165) is 35.5 Å². The van der Waals surface area contributed by atoms with Crippen molar-refractivity contribution in [3.63, 3.8) is 0 Å². The number of amides is 2. The quantitative estimate of drug-likeness (QED) is 0.861. The number of hydrogen-bond donors (Lipinski definition) is 1.